The van der Waals surface area contributed by atoms with E-state index in [1.54, 1.807) is 17.5 Å². The van der Waals surface area contributed by atoms with Crippen LogP contribution in [0.5, 0.6) is 0 Å². The van der Waals surface area contributed by atoms with E-state index < -0.39 is 16.1 Å². The molecule has 0 aliphatic carbocycles. The first kappa shape index (κ1) is 17.6. The normalized spacial score (nSPS) is 12.2. The number of hydrogen-bond donors (Lipinski definition) is 1. The number of thioether (sulfide) groups is 1. The van der Waals surface area contributed by atoms with Crippen molar-refractivity contribution in [1.82, 2.24) is 9.97 Å². The van der Waals surface area contributed by atoms with E-state index >= 15 is 0 Å². The monoisotopic (exact) mass is 395 g/mol. The summed E-state index contributed by atoms with van der Waals surface area (Å²) in [4.78, 5) is 30.6. The predicted molar refractivity (Wildman–Crippen MR) is 97.5 cm³/mol. The largest absolute Gasteiger partial charge is 0.480 e. The van der Waals surface area contributed by atoms with Gasteiger partial charge in [0.1, 0.15) is 15.2 Å². The minimum absolute atomic E-state index is 0.0173. The Kier molecular flexibility index (Phi) is 4.89. The van der Waals surface area contributed by atoms with E-state index in [1.807, 2.05) is 0 Å². The zero-order valence-electron chi connectivity index (χ0n) is 12.7. The molecule has 1 N–H and O–H groups in total. The maximum Gasteiger partial charge on any atom is 0.316 e. The van der Waals surface area contributed by atoms with Crippen molar-refractivity contribution in [3.63, 3.8) is 0 Å². The number of halogens is 1. The van der Waals surface area contributed by atoms with Gasteiger partial charge < -0.3 is 5.11 Å². The molecule has 0 aliphatic heterocycles. The van der Waals surface area contributed by atoms with Gasteiger partial charge in [-0.1, -0.05) is 35.5 Å². The fourth-order valence-electron chi connectivity index (χ4n) is 2.14. The van der Waals surface area contributed by atoms with Crippen molar-refractivity contribution < 1.29 is 14.8 Å². The van der Waals surface area contributed by atoms with Gasteiger partial charge in [0.2, 0.25) is 0 Å². The molecule has 1 atom stereocenters. The highest BCUT2D eigenvalue weighted by atomic mass is 35.5. The Bertz CT molecular complexity index is 992. The molecular formula is C15H10ClN3O4S2. The topological polar surface area (TPSA) is 106 Å². The lowest BCUT2D eigenvalue weighted by atomic mass is 10.1. The highest BCUT2D eigenvalue weighted by Gasteiger charge is 2.19. The van der Waals surface area contributed by atoms with Gasteiger partial charge in [-0.05, 0) is 12.5 Å². The number of carboxylic acid groups (broad SMARTS) is 1. The molecule has 0 saturated heterocycles. The third kappa shape index (κ3) is 3.58. The number of aromatic nitrogens is 2. The summed E-state index contributed by atoms with van der Waals surface area (Å²) in [6.45, 7) is 1.54. The maximum absolute atomic E-state index is 11.0. The first-order valence-electron chi connectivity index (χ1n) is 6.96. The second-order valence-electron chi connectivity index (χ2n) is 5.03. The van der Waals surface area contributed by atoms with Gasteiger partial charge in [-0.2, -0.15) is 0 Å². The van der Waals surface area contributed by atoms with Crippen molar-refractivity contribution >= 4 is 56.6 Å². The maximum atomic E-state index is 11.0. The quantitative estimate of drug-likeness (QED) is 0.223. The summed E-state index contributed by atoms with van der Waals surface area (Å²) in [5.41, 5.74) is 1.33. The minimum Gasteiger partial charge on any atom is -0.480 e. The number of carboxylic acids is 1. The molecule has 1 aromatic carbocycles. The Labute approximate surface area is 154 Å². The highest BCUT2D eigenvalue weighted by molar-refractivity contribution is 8.00. The molecule has 0 radical (unpaired) electrons. The van der Waals surface area contributed by atoms with Crippen LogP contribution in [0.25, 0.3) is 21.3 Å². The smallest absolute Gasteiger partial charge is 0.316 e. The lowest BCUT2D eigenvalue weighted by molar-refractivity contribution is -0.384. The number of fused-ring (bicyclic) bond motifs is 1. The summed E-state index contributed by atoms with van der Waals surface area (Å²) in [6.07, 6.45) is 0. The van der Waals surface area contributed by atoms with Gasteiger partial charge in [0.05, 0.1) is 10.3 Å². The molecule has 0 bridgehead atoms. The van der Waals surface area contributed by atoms with Gasteiger partial charge in [0, 0.05) is 23.1 Å². The van der Waals surface area contributed by atoms with Crippen LogP contribution >= 0.6 is 34.7 Å². The van der Waals surface area contributed by atoms with Crippen LogP contribution in [0.15, 0.2) is 34.8 Å². The Balaban J connectivity index is 2.06. The Hall–Kier alpha value is -2.23. The van der Waals surface area contributed by atoms with Gasteiger partial charge in [0.15, 0.2) is 5.16 Å². The average Bonchev–Trinajstić information content (AvgIpc) is 2.99. The van der Waals surface area contributed by atoms with Crippen LogP contribution in [0.1, 0.15) is 6.92 Å². The van der Waals surface area contributed by atoms with Gasteiger partial charge in [-0.3, -0.25) is 14.9 Å². The van der Waals surface area contributed by atoms with Crippen molar-refractivity contribution in [1.29, 1.82) is 0 Å². The first-order chi connectivity index (χ1) is 11.9. The molecule has 3 aromatic rings. The van der Waals surface area contributed by atoms with E-state index in [4.69, 9.17) is 16.7 Å². The number of aliphatic carboxylic acids is 1. The van der Waals surface area contributed by atoms with E-state index in [1.165, 1.54) is 30.4 Å². The summed E-state index contributed by atoms with van der Waals surface area (Å²) in [5, 5.41) is 22.1. The third-order valence-electron chi connectivity index (χ3n) is 3.37. The van der Waals surface area contributed by atoms with Crippen molar-refractivity contribution in [2.75, 3.05) is 0 Å². The number of hydrogen-bond acceptors (Lipinski definition) is 7. The number of benzene rings is 1. The number of nitro groups is 1. The summed E-state index contributed by atoms with van der Waals surface area (Å²) in [6, 6.07) is 6.23. The molecule has 2 heterocycles. The van der Waals surface area contributed by atoms with Crippen LogP contribution in [0.4, 0.5) is 5.69 Å². The van der Waals surface area contributed by atoms with Crippen LogP contribution in [0.3, 0.4) is 0 Å². The number of nitro benzene ring substituents is 1. The molecule has 25 heavy (non-hydrogen) atoms. The Morgan fingerprint density at radius 3 is 2.88 bits per heavy atom. The van der Waals surface area contributed by atoms with E-state index in [0.717, 1.165) is 11.8 Å². The van der Waals surface area contributed by atoms with E-state index in [9.17, 15) is 14.9 Å². The zero-order valence-corrected chi connectivity index (χ0v) is 15.1. The molecule has 10 heteroatoms. The molecule has 3 rings (SSSR count). The SMILES string of the molecule is CC(Sc1nc(Cl)c2c(-c3cccc([N+](=O)[O-])c3)csc2n1)C(=O)O. The number of non-ortho nitro benzene ring substituents is 1. The molecule has 0 amide bonds. The second-order valence-corrected chi connectivity index (χ2v) is 7.56. The molecule has 7 nitrogen and oxygen atoms in total. The minimum atomic E-state index is -0.965. The predicted octanol–water partition coefficient (Wildman–Crippen LogP) is 4.49. The molecular weight excluding hydrogens is 386 g/mol. The van der Waals surface area contributed by atoms with Gasteiger partial charge in [0.25, 0.3) is 5.69 Å². The zero-order chi connectivity index (χ0) is 18.1. The molecule has 0 saturated carbocycles. The number of carbonyl (C=O) groups is 1. The van der Waals surface area contributed by atoms with E-state index in [2.05, 4.69) is 9.97 Å². The van der Waals surface area contributed by atoms with Crippen molar-refractivity contribution in [3.05, 3.63) is 44.9 Å². The third-order valence-corrected chi connectivity index (χ3v) is 5.46. The van der Waals surface area contributed by atoms with Crippen LogP contribution in [-0.4, -0.2) is 31.2 Å². The molecule has 2 aromatic heterocycles. The summed E-state index contributed by atoms with van der Waals surface area (Å²) in [5.74, 6) is -0.965. The average molecular weight is 396 g/mol. The van der Waals surface area contributed by atoms with Gasteiger partial charge in [-0.25, -0.2) is 9.97 Å². The van der Waals surface area contributed by atoms with Gasteiger partial charge in [-0.15, -0.1) is 11.3 Å². The molecule has 0 fully saturated rings. The first-order valence-corrected chi connectivity index (χ1v) is 9.09. The van der Waals surface area contributed by atoms with Crippen molar-refractivity contribution in [3.8, 4) is 11.1 Å². The fraction of sp³-hybridized carbons (Fsp3) is 0.133. The van der Waals surface area contributed by atoms with Crippen molar-refractivity contribution in [2.45, 2.75) is 17.3 Å². The molecule has 0 spiro atoms. The van der Waals surface area contributed by atoms with E-state index in [-0.39, 0.29) is 16.0 Å². The van der Waals surface area contributed by atoms with Gasteiger partial charge >= 0.3 is 5.97 Å². The summed E-state index contributed by atoms with van der Waals surface area (Å²) < 4.78 is 0. The number of nitrogens with zero attached hydrogens (tertiary/aromatic N) is 3. The van der Waals surface area contributed by atoms with Crippen molar-refractivity contribution in [2.24, 2.45) is 0 Å². The molecule has 1 unspecified atom stereocenters. The van der Waals surface area contributed by atoms with Crippen LogP contribution in [0, 0.1) is 10.1 Å². The molecule has 128 valence electrons. The Morgan fingerprint density at radius 1 is 1.44 bits per heavy atom. The summed E-state index contributed by atoms with van der Waals surface area (Å²) >= 11 is 8.61. The Morgan fingerprint density at radius 2 is 2.20 bits per heavy atom. The second kappa shape index (κ2) is 6.95. The standard InChI is InChI=1S/C15H10ClN3O4S2/c1-7(14(20)21)25-15-17-12(16)11-10(6-24-13(11)18-15)8-3-2-4-9(5-8)19(22)23/h2-7H,1H3,(H,20,21). The molecule has 0 aliphatic rings. The summed E-state index contributed by atoms with van der Waals surface area (Å²) in [7, 11) is 0. The highest BCUT2D eigenvalue weighted by Crippen LogP contribution is 2.38. The lowest BCUT2D eigenvalue weighted by Crippen LogP contribution is -2.11. The van der Waals surface area contributed by atoms with Crippen LogP contribution in [-0.2, 0) is 4.79 Å². The van der Waals surface area contributed by atoms with E-state index in [0.29, 0.717) is 21.3 Å². The lowest BCUT2D eigenvalue weighted by Gasteiger charge is -2.06. The fourth-order valence-corrected chi connectivity index (χ4v) is 4.23. The van der Waals surface area contributed by atoms with Crippen LogP contribution < -0.4 is 0 Å². The number of thiophene rings is 1. The number of rotatable bonds is 5. The van der Waals surface area contributed by atoms with Crippen LogP contribution in [0.2, 0.25) is 5.15 Å².